The molecule has 0 bridgehead atoms. The molecule has 0 aliphatic carbocycles. The first-order valence-electron chi connectivity index (χ1n) is 8.23. The van der Waals surface area contributed by atoms with Gasteiger partial charge in [0.2, 0.25) is 5.91 Å². The summed E-state index contributed by atoms with van der Waals surface area (Å²) in [6.45, 7) is -0.291. The molecule has 0 unspecified atom stereocenters. The smallest absolute Gasteiger partial charge is 0.328 e. The summed E-state index contributed by atoms with van der Waals surface area (Å²) in [4.78, 5) is 36.1. The fourth-order valence-electron chi connectivity index (χ4n) is 2.46. The van der Waals surface area contributed by atoms with E-state index in [1.807, 2.05) is 6.07 Å². The van der Waals surface area contributed by atoms with Crippen molar-refractivity contribution in [2.45, 2.75) is 12.5 Å². The second-order valence-corrected chi connectivity index (χ2v) is 5.67. The van der Waals surface area contributed by atoms with E-state index >= 15 is 0 Å². The molecular weight excluding hydrogens is 346 g/mol. The van der Waals surface area contributed by atoms with E-state index in [0.717, 1.165) is 0 Å². The van der Waals surface area contributed by atoms with Crippen LogP contribution in [0.4, 0.5) is 0 Å². The Hall–Kier alpha value is -3.66. The van der Waals surface area contributed by atoms with Gasteiger partial charge in [-0.3, -0.25) is 9.59 Å². The van der Waals surface area contributed by atoms with Crippen LogP contribution >= 0.6 is 0 Å². The van der Waals surface area contributed by atoms with Crippen LogP contribution in [0.15, 0.2) is 54.6 Å². The minimum Gasteiger partial charge on any atom is -0.467 e. The van der Waals surface area contributed by atoms with Gasteiger partial charge < -0.3 is 15.4 Å². The van der Waals surface area contributed by atoms with E-state index in [9.17, 15) is 14.4 Å². The minimum atomic E-state index is -0.967. The van der Waals surface area contributed by atoms with Crippen LogP contribution in [0.1, 0.15) is 21.5 Å². The summed E-state index contributed by atoms with van der Waals surface area (Å²) in [5, 5.41) is 14.2. The molecule has 2 amide bonds. The van der Waals surface area contributed by atoms with Gasteiger partial charge in [-0.1, -0.05) is 36.4 Å². The zero-order valence-corrected chi connectivity index (χ0v) is 14.8. The number of nitriles is 1. The minimum absolute atomic E-state index is 0.106. The van der Waals surface area contributed by atoms with Crippen molar-refractivity contribution in [2.24, 2.45) is 0 Å². The molecule has 0 saturated carbocycles. The molecule has 138 valence electrons. The quantitative estimate of drug-likeness (QED) is 0.717. The van der Waals surface area contributed by atoms with E-state index in [4.69, 9.17) is 10.00 Å². The van der Waals surface area contributed by atoms with Crippen molar-refractivity contribution in [3.05, 3.63) is 71.3 Å². The van der Waals surface area contributed by atoms with Crippen LogP contribution in [0.3, 0.4) is 0 Å². The Bertz CT molecular complexity index is 859. The zero-order valence-electron chi connectivity index (χ0n) is 14.8. The Morgan fingerprint density at radius 1 is 1.07 bits per heavy atom. The van der Waals surface area contributed by atoms with Gasteiger partial charge in [0.15, 0.2) is 0 Å². The molecule has 0 aromatic heterocycles. The Morgan fingerprint density at radius 3 is 2.41 bits per heavy atom. The van der Waals surface area contributed by atoms with Gasteiger partial charge in [-0.2, -0.15) is 5.26 Å². The fraction of sp³-hybridized carbons (Fsp3) is 0.200. The maximum absolute atomic E-state index is 12.2. The maximum Gasteiger partial charge on any atom is 0.328 e. The topological polar surface area (TPSA) is 108 Å². The van der Waals surface area contributed by atoms with Gasteiger partial charge in [0.25, 0.3) is 5.91 Å². The number of benzene rings is 2. The summed E-state index contributed by atoms with van der Waals surface area (Å²) in [6.07, 6.45) is 0.106. The van der Waals surface area contributed by atoms with E-state index in [2.05, 4.69) is 10.6 Å². The number of rotatable bonds is 7. The number of hydrogen-bond acceptors (Lipinski definition) is 5. The van der Waals surface area contributed by atoms with Crippen molar-refractivity contribution in [1.82, 2.24) is 10.6 Å². The molecule has 2 rings (SSSR count). The number of hydrogen-bond donors (Lipinski definition) is 2. The average Bonchev–Trinajstić information content (AvgIpc) is 2.71. The molecule has 2 N–H and O–H groups in total. The molecule has 0 aliphatic heterocycles. The first kappa shape index (κ1) is 19.7. The number of methoxy groups -OCH3 is 1. The first-order chi connectivity index (χ1) is 13.0. The zero-order chi connectivity index (χ0) is 19.6. The summed E-state index contributed by atoms with van der Waals surface area (Å²) >= 11 is 0. The number of amides is 2. The van der Waals surface area contributed by atoms with Crippen molar-refractivity contribution in [3.63, 3.8) is 0 Å². The number of carbonyl (C=O) groups is 3. The molecule has 0 saturated heterocycles. The van der Waals surface area contributed by atoms with Gasteiger partial charge >= 0.3 is 5.97 Å². The molecule has 7 heteroatoms. The lowest BCUT2D eigenvalue weighted by Gasteiger charge is -2.17. The monoisotopic (exact) mass is 365 g/mol. The van der Waals surface area contributed by atoms with E-state index in [0.29, 0.717) is 16.7 Å². The van der Waals surface area contributed by atoms with Crippen LogP contribution in [0.5, 0.6) is 0 Å². The molecule has 1 atom stereocenters. The fourth-order valence-corrected chi connectivity index (χ4v) is 2.46. The summed E-state index contributed by atoms with van der Waals surface area (Å²) < 4.78 is 4.73. The largest absolute Gasteiger partial charge is 0.467 e. The molecule has 0 heterocycles. The lowest BCUT2D eigenvalue weighted by atomic mass is 10.0. The van der Waals surface area contributed by atoms with Gasteiger partial charge in [-0.25, -0.2) is 4.79 Å². The summed E-state index contributed by atoms with van der Waals surface area (Å²) in [7, 11) is 1.22. The summed E-state index contributed by atoms with van der Waals surface area (Å²) in [6, 6.07) is 16.3. The van der Waals surface area contributed by atoms with E-state index < -0.39 is 23.8 Å². The lowest BCUT2D eigenvalue weighted by molar-refractivity contribution is -0.144. The van der Waals surface area contributed by atoms with Crippen LogP contribution in [0.2, 0.25) is 0 Å². The summed E-state index contributed by atoms with van der Waals surface area (Å²) in [5.41, 5.74) is 1.46. The highest BCUT2D eigenvalue weighted by Gasteiger charge is 2.23. The Balaban J connectivity index is 1.99. The number of nitrogens with zero attached hydrogens (tertiary/aromatic N) is 1. The number of carbonyl (C=O) groups excluding carboxylic acids is 3. The van der Waals surface area contributed by atoms with Crippen LogP contribution in [0, 0.1) is 11.3 Å². The van der Waals surface area contributed by atoms with Gasteiger partial charge in [-0.05, 0) is 23.8 Å². The van der Waals surface area contributed by atoms with Crippen LogP contribution in [-0.2, 0) is 20.7 Å². The highest BCUT2D eigenvalue weighted by Crippen LogP contribution is 2.11. The maximum atomic E-state index is 12.2. The lowest BCUT2D eigenvalue weighted by Crippen LogP contribution is -2.47. The third kappa shape index (κ3) is 5.68. The van der Waals surface area contributed by atoms with Gasteiger partial charge in [0.1, 0.15) is 6.04 Å². The molecule has 0 radical (unpaired) electrons. The van der Waals surface area contributed by atoms with Crippen molar-refractivity contribution in [2.75, 3.05) is 13.7 Å². The Kier molecular flexibility index (Phi) is 7.08. The highest BCUT2D eigenvalue weighted by atomic mass is 16.5. The molecule has 0 spiro atoms. The predicted octanol–water partition coefficient (Wildman–Crippen LogP) is 1.19. The van der Waals surface area contributed by atoms with Crippen molar-refractivity contribution < 1.29 is 19.1 Å². The SMILES string of the molecule is COC(=O)[C@H](Cc1ccccc1C#N)NC(=O)CNC(=O)c1ccccc1. The normalized spacial score (nSPS) is 11.0. The van der Waals surface area contributed by atoms with Crippen LogP contribution in [-0.4, -0.2) is 37.5 Å². The third-order valence-corrected chi connectivity index (χ3v) is 3.83. The molecule has 0 fully saturated rings. The third-order valence-electron chi connectivity index (χ3n) is 3.83. The van der Waals surface area contributed by atoms with Gasteiger partial charge in [0, 0.05) is 12.0 Å². The number of ether oxygens (including phenoxy) is 1. The van der Waals surface area contributed by atoms with Crippen LogP contribution < -0.4 is 10.6 Å². The van der Waals surface area contributed by atoms with E-state index in [1.165, 1.54) is 7.11 Å². The van der Waals surface area contributed by atoms with E-state index in [1.54, 1.807) is 54.6 Å². The predicted molar refractivity (Wildman–Crippen MR) is 97.6 cm³/mol. The molecule has 2 aromatic carbocycles. The molecular formula is C20H19N3O4. The first-order valence-corrected chi connectivity index (χ1v) is 8.23. The molecule has 27 heavy (non-hydrogen) atoms. The molecule has 2 aromatic rings. The highest BCUT2D eigenvalue weighted by molar-refractivity contribution is 5.96. The molecule has 0 aliphatic rings. The van der Waals surface area contributed by atoms with E-state index in [-0.39, 0.29) is 13.0 Å². The van der Waals surface area contributed by atoms with Crippen molar-refractivity contribution in [1.29, 1.82) is 5.26 Å². The Labute approximate surface area is 156 Å². The van der Waals surface area contributed by atoms with Crippen molar-refractivity contribution >= 4 is 17.8 Å². The standard InChI is InChI=1S/C20H19N3O4/c1-27-20(26)17(11-15-9-5-6-10-16(15)12-21)23-18(24)13-22-19(25)14-7-3-2-4-8-14/h2-10,17H,11,13H2,1H3,(H,22,25)(H,23,24)/t17-/m0/s1. The average molecular weight is 365 g/mol. The molecule has 7 nitrogen and oxygen atoms in total. The Morgan fingerprint density at radius 2 is 1.74 bits per heavy atom. The van der Waals surface area contributed by atoms with Crippen molar-refractivity contribution in [3.8, 4) is 6.07 Å². The second kappa shape index (κ2) is 9.73. The van der Waals surface area contributed by atoms with Gasteiger partial charge in [-0.15, -0.1) is 0 Å². The van der Waals surface area contributed by atoms with Gasteiger partial charge in [0.05, 0.1) is 25.3 Å². The van der Waals surface area contributed by atoms with Crippen LogP contribution in [0.25, 0.3) is 0 Å². The summed E-state index contributed by atoms with van der Waals surface area (Å²) in [5.74, 6) is -1.57. The number of nitrogens with one attached hydrogen (secondary N) is 2. The second-order valence-electron chi connectivity index (χ2n) is 5.67. The number of esters is 1.